The monoisotopic (exact) mass is 351 g/mol. The highest BCUT2D eigenvalue weighted by molar-refractivity contribution is 7.18. The Morgan fingerprint density at radius 1 is 1.22 bits per heavy atom. The highest BCUT2D eigenvalue weighted by Gasteiger charge is 2.18. The maximum Gasteiger partial charge on any atom is 0.340 e. The van der Waals surface area contributed by atoms with E-state index < -0.39 is 5.97 Å². The Morgan fingerprint density at radius 3 is 2.57 bits per heavy atom. The summed E-state index contributed by atoms with van der Waals surface area (Å²) in [6, 6.07) is 8.17. The Balaban J connectivity index is 2.10. The lowest BCUT2D eigenvalue weighted by Gasteiger charge is -2.12. The van der Waals surface area contributed by atoms with Crippen molar-refractivity contribution in [3.8, 4) is 0 Å². The van der Waals surface area contributed by atoms with Crippen LogP contribution in [0.2, 0.25) is 4.34 Å². The second-order valence-corrected chi connectivity index (χ2v) is 6.50. The molecule has 1 amide bonds. The van der Waals surface area contributed by atoms with Gasteiger partial charge in [-0.2, -0.15) is 0 Å². The van der Waals surface area contributed by atoms with E-state index in [0.29, 0.717) is 14.9 Å². The number of nitrogens with one attached hydrogen (secondary N) is 1. The van der Waals surface area contributed by atoms with Crippen LogP contribution in [0.5, 0.6) is 0 Å². The molecular formula is C16H14ClNO4S. The van der Waals surface area contributed by atoms with Gasteiger partial charge in [0.15, 0.2) is 6.61 Å². The highest BCUT2D eigenvalue weighted by atomic mass is 35.5. The number of para-hydroxylation sites is 1. The Kier molecular flexibility index (Phi) is 5.52. The van der Waals surface area contributed by atoms with Crippen LogP contribution in [-0.4, -0.2) is 24.3 Å². The first-order valence-corrected chi connectivity index (χ1v) is 7.91. The smallest absolute Gasteiger partial charge is 0.340 e. The first kappa shape index (κ1) is 17.2. The van der Waals surface area contributed by atoms with Crippen molar-refractivity contribution in [3.63, 3.8) is 0 Å². The van der Waals surface area contributed by atoms with Crippen molar-refractivity contribution in [1.29, 1.82) is 0 Å². The minimum absolute atomic E-state index is 0.206. The third kappa shape index (κ3) is 4.40. The van der Waals surface area contributed by atoms with E-state index in [1.165, 1.54) is 13.0 Å². The zero-order valence-corrected chi connectivity index (χ0v) is 14.1. The van der Waals surface area contributed by atoms with Gasteiger partial charge in [0, 0.05) is 6.92 Å². The zero-order chi connectivity index (χ0) is 17.0. The second kappa shape index (κ2) is 7.39. The number of Topliss-reactive ketones (excluding diaryl/α,β-unsaturated/α-hetero) is 1. The first-order valence-electron chi connectivity index (χ1n) is 6.71. The van der Waals surface area contributed by atoms with Crippen LogP contribution in [0.3, 0.4) is 0 Å². The summed E-state index contributed by atoms with van der Waals surface area (Å²) in [5.41, 5.74) is 1.32. The molecule has 1 aromatic carbocycles. The standard InChI is InChI=1S/C16H14ClNO4S/c1-9-4-3-5-11(15(9)18-10(2)19)16(21)22-8-12(20)13-6-7-14(17)23-13/h3-7H,8H2,1-2H3,(H,18,19). The molecular weight excluding hydrogens is 338 g/mol. The van der Waals surface area contributed by atoms with Crippen LogP contribution in [-0.2, 0) is 9.53 Å². The Labute approximate surface area is 142 Å². The molecule has 1 N–H and O–H groups in total. The number of amides is 1. The van der Waals surface area contributed by atoms with Gasteiger partial charge in [0.2, 0.25) is 11.7 Å². The summed E-state index contributed by atoms with van der Waals surface area (Å²) >= 11 is 6.89. The molecule has 2 aromatic rings. The van der Waals surface area contributed by atoms with Crippen LogP contribution in [0.4, 0.5) is 5.69 Å². The van der Waals surface area contributed by atoms with Crippen LogP contribution in [0.25, 0.3) is 0 Å². The van der Waals surface area contributed by atoms with Crippen LogP contribution in [0, 0.1) is 6.92 Å². The van der Waals surface area contributed by atoms with Crippen molar-refractivity contribution >= 4 is 46.3 Å². The summed E-state index contributed by atoms with van der Waals surface area (Å²) in [7, 11) is 0. The quantitative estimate of drug-likeness (QED) is 0.658. The Hall–Kier alpha value is -2.18. The maximum absolute atomic E-state index is 12.2. The molecule has 0 aliphatic rings. The molecule has 0 radical (unpaired) electrons. The summed E-state index contributed by atoms with van der Waals surface area (Å²) in [6.45, 7) is 2.73. The number of hydrogen-bond acceptors (Lipinski definition) is 5. The molecule has 0 unspecified atom stereocenters. The lowest BCUT2D eigenvalue weighted by Crippen LogP contribution is -2.17. The van der Waals surface area contributed by atoms with Gasteiger partial charge in [0.1, 0.15) is 0 Å². The molecule has 0 aliphatic heterocycles. The van der Waals surface area contributed by atoms with Gasteiger partial charge in [-0.1, -0.05) is 23.7 Å². The van der Waals surface area contributed by atoms with Crippen LogP contribution < -0.4 is 5.32 Å². The molecule has 0 saturated carbocycles. The molecule has 0 atom stereocenters. The number of esters is 1. The number of carbonyl (C=O) groups is 3. The molecule has 0 saturated heterocycles. The van der Waals surface area contributed by atoms with Crippen molar-refractivity contribution in [3.05, 3.63) is 50.7 Å². The number of carbonyl (C=O) groups excluding carboxylic acids is 3. The van der Waals surface area contributed by atoms with E-state index in [9.17, 15) is 14.4 Å². The number of ketones is 1. The van der Waals surface area contributed by atoms with Crippen LogP contribution in [0.1, 0.15) is 32.5 Å². The number of aryl methyl sites for hydroxylation is 1. The number of halogens is 1. The van der Waals surface area contributed by atoms with Gasteiger partial charge in [0.25, 0.3) is 0 Å². The van der Waals surface area contributed by atoms with Crippen LogP contribution >= 0.6 is 22.9 Å². The predicted molar refractivity (Wildman–Crippen MR) is 89.4 cm³/mol. The van der Waals surface area contributed by atoms with Gasteiger partial charge in [-0.05, 0) is 30.7 Å². The van der Waals surface area contributed by atoms with E-state index in [0.717, 1.165) is 16.9 Å². The first-order chi connectivity index (χ1) is 10.9. The number of hydrogen-bond donors (Lipinski definition) is 1. The average Bonchev–Trinajstić information content (AvgIpc) is 2.92. The maximum atomic E-state index is 12.2. The van der Waals surface area contributed by atoms with Gasteiger partial charge in [-0.15, -0.1) is 11.3 Å². The van der Waals surface area contributed by atoms with Gasteiger partial charge in [-0.25, -0.2) is 4.79 Å². The van der Waals surface area contributed by atoms with Gasteiger partial charge < -0.3 is 10.1 Å². The number of thiophene rings is 1. The summed E-state index contributed by atoms with van der Waals surface area (Å²) in [5, 5.41) is 2.61. The fourth-order valence-corrected chi connectivity index (χ4v) is 2.89. The number of ether oxygens (including phenoxy) is 1. The summed E-state index contributed by atoms with van der Waals surface area (Å²) in [4.78, 5) is 35.8. The predicted octanol–water partition coefficient (Wildman–Crippen LogP) is 3.71. The number of benzene rings is 1. The minimum atomic E-state index is -0.673. The van der Waals surface area contributed by atoms with Gasteiger partial charge >= 0.3 is 5.97 Å². The van der Waals surface area contributed by atoms with Crippen molar-refractivity contribution < 1.29 is 19.1 Å². The molecule has 1 aromatic heterocycles. The third-order valence-corrected chi connectivity index (χ3v) is 4.25. The molecule has 7 heteroatoms. The van der Waals surface area contributed by atoms with Crippen molar-refractivity contribution in [2.45, 2.75) is 13.8 Å². The average molecular weight is 352 g/mol. The van der Waals surface area contributed by atoms with Crippen LogP contribution in [0.15, 0.2) is 30.3 Å². The summed E-state index contributed by atoms with van der Waals surface area (Å²) in [5.74, 6) is -1.30. The molecule has 23 heavy (non-hydrogen) atoms. The van der Waals surface area contributed by atoms with Gasteiger partial charge in [0.05, 0.1) is 20.5 Å². The van der Waals surface area contributed by atoms with Crippen molar-refractivity contribution in [1.82, 2.24) is 0 Å². The molecule has 2 rings (SSSR count). The Morgan fingerprint density at radius 2 is 1.96 bits per heavy atom. The number of anilines is 1. The molecule has 0 bridgehead atoms. The Bertz CT molecular complexity index is 769. The SMILES string of the molecule is CC(=O)Nc1c(C)cccc1C(=O)OCC(=O)c1ccc(Cl)s1. The van der Waals surface area contributed by atoms with E-state index in [1.807, 2.05) is 0 Å². The molecule has 0 fully saturated rings. The van der Waals surface area contributed by atoms with E-state index in [2.05, 4.69) is 5.32 Å². The normalized spacial score (nSPS) is 10.2. The summed E-state index contributed by atoms with van der Waals surface area (Å²) in [6.07, 6.45) is 0. The third-order valence-electron chi connectivity index (χ3n) is 2.98. The second-order valence-electron chi connectivity index (χ2n) is 4.78. The lowest BCUT2D eigenvalue weighted by atomic mass is 10.1. The molecule has 0 aliphatic carbocycles. The molecule has 5 nitrogen and oxygen atoms in total. The fourth-order valence-electron chi connectivity index (χ4n) is 1.92. The fraction of sp³-hybridized carbons (Fsp3) is 0.188. The van der Waals surface area contributed by atoms with Crippen molar-refractivity contribution in [2.24, 2.45) is 0 Å². The largest absolute Gasteiger partial charge is 0.454 e. The van der Waals surface area contributed by atoms with E-state index in [-0.39, 0.29) is 23.9 Å². The van der Waals surface area contributed by atoms with E-state index >= 15 is 0 Å². The molecule has 0 spiro atoms. The lowest BCUT2D eigenvalue weighted by molar-refractivity contribution is -0.114. The highest BCUT2D eigenvalue weighted by Crippen LogP contribution is 2.23. The molecule has 1 heterocycles. The van der Waals surface area contributed by atoms with Gasteiger partial charge in [-0.3, -0.25) is 9.59 Å². The van der Waals surface area contributed by atoms with E-state index in [1.54, 1.807) is 31.2 Å². The number of rotatable bonds is 5. The summed E-state index contributed by atoms with van der Waals surface area (Å²) < 4.78 is 5.55. The topological polar surface area (TPSA) is 72.5 Å². The van der Waals surface area contributed by atoms with E-state index in [4.69, 9.17) is 16.3 Å². The zero-order valence-electron chi connectivity index (χ0n) is 12.5. The minimum Gasteiger partial charge on any atom is -0.454 e. The van der Waals surface area contributed by atoms with Crippen molar-refractivity contribution in [2.75, 3.05) is 11.9 Å². The molecule has 120 valence electrons.